The summed E-state index contributed by atoms with van der Waals surface area (Å²) < 4.78 is 0. The van der Waals surface area contributed by atoms with Gasteiger partial charge >= 0.3 is 0 Å². The number of hydrogen-bond donors (Lipinski definition) is 1. The lowest BCUT2D eigenvalue weighted by Gasteiger charge is -2.06. The Morgan fingerprint density at radius 1 is 0.944 bits per heavy atom. The molecule has 0 aliphatic carbocycles. The largest absolute Gasteiger partial charge is 0.354 e. The summed E-state index contributed by atoms with van der Waals surface area (Å²) >= 11 is 6.36. The maximum absolute atomic E-state index is 6.36. The number of nitrogens with one attached hydrogen (secondary N) is 1. The monoisotopic (exact) mass is 255 g/mol. The predicted octanol–water partition coefficient (Wildman–Crippen LogP) is 5.13. The molecule has 0 saturated heterocycles. The Bertz CT molecular complexity index is 668. The van der Waals surface area contributed by atoms with Crippen LogP contribution in [-0.4, -0.2) is 4.98 Å². The summed E-state index contributed by atoms with van der Waals surface area (Å²) in [5, 5.41) is 1.19. The van der Waals surface area contributed by atoms with E-state index in [4.69, 9.17) is 11.6 Å². The van der Waals surface area contributed by atoms with Crippen LogP contribution in [0.3, 0.4) is 0 Å². The zero-order valence-corrected chi connectivity index (χ0v) is 10.9. The van der Waals surface area contributed by atoms with Gasteiger partial charge in [0, 0.05) is 16.5 Å². The Morgan fingerprint density at radius 2 is 1.61 bits per heavy atom. The summed E-state index contributed by atoms with van der Waals surface area (Å²) in [6, 6.07) is 18.6. The zero-order chi connectivity index (χ0) is 12.5. The van der Waals surface area contributed by atoms with Crippen LogP contribution in [0.4, 0.5) is 0 Å². The standard InChI is InChI=1S/C16H14ClN/c1-11(17)15-13-9-5-6-10-14(13)18-16(15)12-7-3-2-4-8-12/h2-11,18H,1H3. The van der Waals surface area contributed by atoms with Gasteiger partial charge in [0.1, 0.15) is 0 Å². The first-order chi connectivity index (χ1) is 8.77. The Kier molecular flexibility index (Phi) is 2.85. The van der Waals surface area contributed by atoms with Crippen LogP contribution in [0, 0.1) is 0 Å². The molecule has 0 aliphatic heterocycles. The second kappa shape index (κ2) is 4.51. The van der Waals surface area contributed by atoms with Crippen LogP contribution in [0.1, 0.15) is 17.9 Å². The van der Waals surface area contributed by atoms with Gasteiger partial charge < -0.3 is 4.98 Å². The van der Waals surface area contributed by atoms with Crippen molar-refractivity contribution in [3.63, 3.8) is 0 Å². The van der Waals surface area contributed by atoms with E-state index in [1.54, 1.807) is 0 Å². The molecule has 3 aromatic rings. The van der Waals surface area contributed by atoms with Crippen LogP contribution in [0.15, 0.2) is 54.6 Å². The van der Waals surface area contributed by atoms with Crippen molar-refractivity contribution in [2.75, 3.05) is 0 Å². The number of hydrogen-bond acceptors (Lipinski definition) is 0. The van der Waals surface area contributed by atoms with Crippen molar-refractivity contribution in [1.82, 2.24) is 4.98 Å². The number of aromatic nitrogens is 1. The van der Waals surface area contributed by atoms with Crippen molar-refractivity contribution in [3.05, 3.63) is 60.2 Å². The minimum absolute atomic E-state index is 0.0173. The van der Waals surface area contributed by atoms with Gasteiger partial charge in [-0.3, -0.25) is 0 Å². The lowest BCUT2D eigenvalue weighted by Crippen LogP contribution is -1.87. The van der Waals surface area contributed by atoms with E-state index in [0.717, 1.165) is 11.2 Å². The molecule has 1 aromatic heterocycles. The number of halogens is 1. The molecule has 1 unspecified atom stereocenters. The second-order valence-electron chi connectivity index (χ2n) is 4.44. The fourth-order valence-corrected chi connectivity index (χ4v) is 2.64. The van der Waals surface area contributed by atoms with Crippen LogP contribution >= 0.6 is 11.6 Å². The van der Waals surface area contributed by atoms with Crippen molar-refractivity contribution in [1.29, 1.82) is 0 Å². The average molecular weight is 256 g/mol. The fourth-order valence-electron chi connectivity index (χ4n) is 2.41. The molecule has 0 radical (unpaired) electrons. The van der Waals surface area contributed by atoms with Gasteiger partial charge in [-0.2, -0.15) is 0 Å². The molecule has 1 nitrogen and oxygen atoms in total. The molecule has 2 heteroatoms. The molecule has 0 bridgehead atoms. The molecule has 1 N–H and O–H groups in total. The number of fused-ring (bicyclic) bond motifs is 1. The van der Waals surface area contributed by atoms with Crippen LogP contribution in [0.5, 0.6) is 0 Å². The van der Waals surface area contributed by atoms with E-state index in [1.165, 1.54) is 16.5 Å². The highest BCUT2D eigenvalue weighted by atomic mass is 35.5. The Hall–Kier alpha value is -1.73. The third-order valence-corrected chi connectivity index (χ3v) is 3.42. The number of para-hydroxylation sites is 1. The first-order valence-corrected chi connectivity index (χ1v) is 6.51. The number of aromatic amines is 1. The van der Waals surface area contributed by atoms with Gasteiger partial charge in [0.15, 0.2) is 0 Å². The summed E-state index contributed by atoms with van der Waals surface area (Å²) in [6.45, 7) is 2.02. The zero-order valence-electron chi connectivity index (χ0n) is 10.2. The average Bonchev–Trinajstić information content (AvgIpc) is 2.79. The van der Waals surface area contributed by atoms with E-state index in [2.05, 4.69) is 29.2 Å². The van der Waals surface area contributed by atoms with Gasteiger partial charge in [-0.1, -0.05) is 48.5 Å². The summed E-state index contributed by atoms with van der Waals surface area (Å²) in [4.78, 5) is 3.48. The van der Waals surface area contributed by atoms with E-state index < -0.39 is 0 Å². The SMILES string of the molecule is CC(Cl)c1c(-c2ccccc2)[nH]c2ccccc12. The molecule has 0 amide bonds. The van der Waals surface area contributed by atoms with E-state index >= 15 is 0 Å². The highest BCUT2D eigenvalue weighted by Gasteiger charge is 2.16. The Balaban J connectivity index is 2.32. The van der Waals surface area contributed by atoms with E-state index in [0.29, 0.717) is 0 Å². The van der Waals surface area contributed by atoms with Crippen LogP contribution in [-0.2, 0) is 0 Å². The third kappa shape index (κ3) is 1.81. The van der Waals surface area contributed by atoms with Gasteiger partial charge in [-0.25, -0.2) is 0 Å². The van der Waals surface area contributed by atoms with Crippen LogP contribution < -0.4 is 0 Å². The fraction of sp³-hybridized carbons (Fsp3) is 0.125. The van der Waals surface area contributed by atoms with E-state index in [1.807, 2.05) is 37.3 Å². The molecule has 90 valence electrons. The van der Waals surface area contributed by atoms with Crippen LogP contribution in [0.2, 0.25) is 0 Å². The predicted molar refractivity (Wildman–Crippen MR) is 78.0 cm³/mol. The van der Waals surface area contributed by atoms with Crippen molar-refractivity contribution >= 4 is 22.5 Å². The molecule has 0 saturated carbocycles. The summed E-state index contributed by atoms with van der Waals surface area (Å²) in [6.07, 6.45) is 0. The first kappa shape index (κ1) is 11.4. The van der Waals surface area contributed by atoms with Crippen molar-refractivity contribution in [3.8, 4) is 11.3 Å². The van der Waals surface area contributed by atoms with Gasteiger partial charge in [0.2, 0.25) is 0 Å². The molecule has 0 fully saturated rings. The maximum atomic E-state index is 6.36. The highest BCUT2D eigenvalue weighted by Crippen LogP contribution is 2.36. The number of alkyl halides is 1. The number of H-pyrrole nitrogens is 1. The van der Waals surface area contributed by atoms with Crippen LogP contribution in [0.25, 0.3) is 22.2 Å². The molecule has 2 aromatic carbocycles. The molecular formula is C16H14ClN. The number of benzene rings is 2. The molecule has 3 rings (SSSR count). The van der Waals surface area contributed by atoms with Gasteiger partial charge in [0.05, 0.1) is 11.1 Å². The van der Waals surface area contributed by atoms with Crippen molar-refractivity contribution in [2.24, 2.45) is 0 Å². The second-order valence-corrected chi connectivity index (χ2v) is 5.10. The number of rotatable bonds is 2. The topological polar surface area (TPSA) is 15.8 Å². The molecule has 0 spiro atoms. The van der Waals surface area contributed by atoms with Gasteiger partial charge in [-0.15, -0.1) is 11.6 Å². The minimum Gasteiger partial charge on any atom is -0.354 e. The van der Waals surface area contributed by atoms with Crippen molar-refractivity contribution in [2.45, 2.75) is 12.3 Å². The minimum atomic E-state index is -0.0173. The van der Waals surface area contributed by atoms with Gasteiger partial charge in [-0.05, 0) is 18.6 Å². The molecule has 0 aliphatic rings. The molecule has 1 atom stereocenters. The molecular weight excluding hydrogens is 242 g/mol. The summed E-state index contributed by atoms with van der Waals surface area (Å²) in [7, 11) is 0. The summed E-state index contributed by atoms with van der Waals surface area (Å²) in [5.41, 5.74) is 4.62. The quantitative estimate of drug-likeness (QED) is 0.611. The smallest absolute Gasteiger partial charge is 0.0584 e. The first-order valence-electron chi connectivity index (χ1n) is 6.07. The normalized spacial score (nSPS) is 12.8. The van der Waals surface area contributed by atoms with Gasteiger partial charge in [0.25, 0.3) is 0 Å². The highest BCUT2D eigenvalue weighted by molar-refractivity contribution is 6.22. The van der Waals surface area contributed by atoms with E-state index in [9.17, 15) is 0 Å². The molecule has 1 heterocycles. The van der Waals surface area contributed by atoms with Crippen molar-refractivity contribution < 1.29 is 0 Å². The lowest BCUT2D eigenvalue weighted by molar-refractivity contribution is 1.10. The Labute approximate surface area is 111 Å². The lowest BCUT2D eigenvalue weighted by atomic mass is 10.0. The third-order valence-electron chi connectivity index (χ3n) is 3.21. The molecule has 18 heavy (non-hydrogen) atoms. The maximum Gasteiger partial charge on any atom is 0.0584 e. The van der Waals surface area contributed by atoms with E-state index in [-0.39, 0.29) is 5.38 Å². The Morgan fingerprint density at radius 3 is 2.33 bits per heavy atom. The summed E-state index contributed by atoms with van der Waals surface area (Å²) in [5.74, 6) is 0.